The molecular weight excluding hydrogens is 410 g/mol. The number of nitrogens with zero attached hydrogens (tertiary/aromatic N) is 1. The van der Waals surface area contributed by atoms with Gasteiger partial charge in [0.15, 0.2) is 0 Å². The van der Waals surface area contributed by atoms with E-state index < -0.39 is 12.2 Å². The Bertz CT molecular complexity index is 799. The van der Waals surface area contributed by atoms with Crippen LogP contribution in [0.3, 0.4) is 0 Å². The SMILES string of the molecule is C=C1C(=CC=C2CCC[C@]3(C)[C@@H](C(C)CN4CCOCC4C4CC4)CC[C@@H]23)C[C@@H](O)C[C@@H]1O. The van der Waals surface area contributed by atoms with Gasteiger partial charge in [-0.2, -0.15) is 0 Å². The molecule has 2 N–H and O–H groups in total. The van der Waals surface area contributed by atoms with Gasteiger partial charge in [0.2, 0.25) is 0 Å². The highest BCUT2D eigenvalue weighted by Crippen LogP contribution is 2.59. The van der Waals surface area contributed by atoms with Crippen LogP contribution in [0.5, 0.6) is 0 Å². The fourth-order valence-electron chi connectivity index (χ4n) is 7.98. The number of fused-ring (bicyclic) bond motifs is 1. The summed E-state index contributed by atoms with van der Waals surface area (Å²) in [7, 11) is 0. The van der Waals surface area contributed by atoms with Gasteiger partial charge in [-0.05, 0) is 91.6 Å². The topological polar surface area (TPSA) is 52.9 Å². The molecule has 4 heteroatoms. The first-order valence-corrected chi connectivity index (χ1v) is 13.6. The van der Waals surface area contributed by atoms with Crippen molar-refractivity contribution in [1.29, 1.82) is 0 Å². The lowest BCUT2D eigenvalue weighted by atomic mass is 9.61. The minimum absolute atomic E-state index is 0.395. The molecule has 4 aliphatic carbocycles. The summed E-state index contributed by atoms with van der Waals surface area (Å²) in [6, 6.07) is 0.661. The molecule has 0 aromatic carbocycles. The van der Waals surface area contributed by atoms with Gasteiger partial charge in [0.25, 0.3) is 0 Å². The Morgan fingerprint density at radius 3 is 2.82 bits per heavy atom. The van der Waals surface area contributed by atoms with E-state index in [1.165, 1.54) is 51.5 Å². The highest BCUT2D eigenvalue weighted by Gasteiger charge is 2.51. The van der Waals surface area contributed by atoms with E-state index in [1.807, 2.05) is 0 Å². The molecule has 0 aromatic rings. The predicted octanol–water partition coefficient (Wildman–Crippen LogP) is 4.87. The number of hydrogen-bond acceptors (Lipinski definition) is 4. The average molecular weight is 456 g/mol. The maximum absolute atomic E-state index is 10.2. The molecule has 5 rings (SSSR count). The first-order valence-electron chi connectivity index (χ1n) is 13.6. The van der Waals surface area contributed by atoms with Crippen LogP contribution in [0.15, 0.2) is 35.5 Å². The van der Waals surface area contributed by atoms with Crippen LogP contribution in [0.1, 0.15) is 71.6 Å². The molecule has 2 unspecified atom stereocenters. The van der Waals surface area contributed by atoms with Crippen LogP contribution in [0.2, 0.25) is 0 Å². The minimum atomic E-state index is -0.605. The Labute approximate surface area is 200 Å². The van der Waals surface area contributed by atoms with Gasteiger partial charge >= 0.3 is 0 Å². The third-order valence-corrected chi connectivity index (χ3v) is 9.96. The van der Waals surface area contributed by atoms with Crippen LogP contribution >= 0.6 is 0 Å². The van der Waals surface area contributed by atoms with Gasteiger partial charge in [0, 0.05) is 25.6 Å². The molecule has 4 nitrogen and oxygen atoms in total. The van der Waals surface area contributed by atoms with Crippen LogP contribution in [0, 0.1) is 29.1 Å². The van der Waals surface area contributed by atoms with Gasteiger partial charge in [-0.15, -0.1) is 0 Å². The quantitative estimate of drug-likeness (QED) is 0.621. The summed E-state index contributed by atoms with van der Waals surface area (Å²) in [4.78, 5) is 2.78. The standard InChI is InChI=1S/C29H45NO3/c1-19(17-30-13-14-33-18-27(30)22-7-8-22)25-10-11-26-21(5-4-12-29(25,26)3)6-9-23-15-24(31)16-28(32)20(23)2/h6,9,19,22,24-28,31-32H,2,4-5,7-8,10-18H2,1,3H3/t19?,24-,25-,26+,27?,28+,29-/m1/s1. The fraction of sp³-hybridized carbons (Fsp3) is 0.793. The zero-order chi connectivity index (χ0) is 23.2. The summed E-state index contributed by atoms with van der Waals surface area (Å²) in [6.07, 6.45) is 13.7. The van der Waals surface area contributed by atoms with E-state index in [9.17, 15) is 10.2 Å². The molecule has 5 fully saturated rings. The summed E-state index contributed by atoms with van der Waals surface area (Å²) in [6.45, 7) is 13.4. The smallest absolute Gasteiger partial charge is 0.0811 e. The van der Waals surface area contributed by atoms with Gasteiger partial charge in [-0.1, -0.05) is 38.2 Å². The maximum atomic E-state index is 10.2. The van der Waals surface area contributed by atoms with Crippen molar-refractivity contribution >= 4 is 0 Å². The number of aliphatic hydroxyl groups excluding tert-OH is 2. The Kier molecular flexibility index (Phi) is 6.92. The molecule has 4 saturated carbocycles. The molecule has 0 bridgehead atoms. The summed E-state index contributed by atoms with van der Waals surface area (Å²) in [5.41, 5.74) is 3.81. The van der Waals surface area contributed by atoms with Crippen LogP contribution in [-0.4, -0.2) is 59.7 Å². The lowest BCUT2D eigenvalue weighted by Gasteiger charge is -2.46. The molecule has 1 aliphatic heterocycles. The highest BCUT2D eigenvalue weighted by atomic mass is 16.5. The van der Waals surface area contributed by atoms with E-state index >= 15 is 0 Å². The van der Waals surface area contributed by atoms with Gasteiger partial charge in [-0.25, -0.2) is 0 Å². The molecule has 1 heterocycles. The predicted molar refractivity (Wildman–Crippen MR) is 133 cm³/mol. The molecule has 184 valence electrons. The summed E-state index contributed by atoms with van der Waals surface area (Å²) >= 11 is 0. The highest BCUT2D eigenvalue weighted by molar-refractivity contribution is 5.38. The van der Waals surface area contributed by atoms with Gasteiger partial charge in [0.05, 0.1) is 25.4 Å². The summed E-state index contributed by atoms with van der Waals surface area (Å²) in [5, 5.41) is 20.3. The first-order chi connectivity index (χ1) is 15.9. The Morgan fingerprint density at radius 2 is 2.03 bits per heavy atom. The molecule has 0 amide bonds. The average Bonchev–Trinajstić information content (AvgIpc) is 3.56. The van der Waals surface area contributed by atoms with Crippen molar-refractivity contribution in [2.75, 3.05) is 26.3 Å². The van der Waals surface area contributed by atoms with Crippen molar-refractivity contribution in [1.82, 2.24) is 4.90 Å². The van der Waals surface area contributed by atoms with Crippen LogP contribution in [0.4, 0.5) is 0 Å². The van der Waals surface area contributed by atoms with Crippen molar-refractivity contribution in [2.45, 2.75) is 89.9 Å². The first kappa shape index (κ1) is 23.8. The number of allylic oxidation sites excluding steroid dienone is 3. The van der Waals surface area contributed by atoms with Crippen molar-refractivity contribution in [2.24, 2.45) is 29.1 Å². The molecule has 0 spiro atoms. The second-order valence-electron chi connectivity index (χ2n) is 12.1. The van der Waals surface area contributed by atoms with E-state index in [4.69, 9.17) is 4.74 Å². The number of aliphatic hydroxyl groups is 2. The number of morpholine rings is 1. The zero-order valence-electron chi connectivity index (χ0n) is 20.8. The Morgan fingerprint density at radius 1 is 1.21 bits per heavy atom. The summed E-state index contributed by atoms with van der Waals surface area (Å²) < 4.78 is 5.85. The third-order valence-electron chi connectivity index (χ3n) is 9.96. The van der Waals surface area contributed by atoms with E-state index in [2.05, 4.69) is 37.5 Å². The molecule has 33 heavy (non-hydrogen) atoms. The normalized spacial score (nSPS) is 43.8. The van der Waals surface area contributed by atoms with Gasteiger partial charge < -0.3 is 14.9 Å². The van der Waals surface area contributed by atoms with E-state index in [0.717, 1.165) is 48.7 Å². The third kappa shape index (κ3) is 4.78. The number of hydrogen-bond donors (Lipinski definition) is 2. The fourth-order valence-corrected chi connectivity index (χ4v) is 7.98. The monoisotopic (exact) mass is 455 g/mol. The van der Waals surface area contributed by atoms with Gasteiger partial charge in [-0.3, -0.25) is 4.90 Å². The van der Waals surface area contributed by atoms with E-state index in [-0.39, 0.29) is 0 Å². The van der Waals surface area contributed by atoms with Crippen molar-refractivity contribution < 1.29 is 14.9 Å². The van der Waals surface area contributed by atoms with Crippen LogP contribution in [-0.2, 0) is 4.74 Å². The molecule has 0 radical (unpaired) electrons. The van der Waals surface area contributed by atoms with E-state index in [0.29, 0.717) is 30.2 Å². The molecular formula is C29H45NO3. The Hall–Kier alpha value is -0.940. The second-order valence-corrected chi connectivity index (χ2v) is 12.1. The molecule has 5 aliphatic rings. The van der Waals surface area contributed by atoms with Crippen LogP contribution in [0.25, 0.3) is 0 Å². The lowest BCUT2D eigenvalue weighted by Crippen LogP contribution is -2.50. The second kappa shape index (κ2) is 9.60. The van der Waals surface area contributed by atoms with Crippen molar-refractivity contribution in [3.05, 3.63) is 35.5 Å². The van der Waals surface area contributed by atoms with E-state index in [1.54, 1.807) is 5.57 Å². The van der Waals surface area contributed by atoms with Gasteiger partial charge in [0.1, 0.15) is 0 Å². The number of ether oxygens (including phenoxy) is 1. The molecule has 1 saturated heterocycles. The lowest BCUT2D eigenvalue weighted by molar-refractivity contribution is -0.0312. The summed E-state index contributed by atoms with van der Waals surface area (Å²) in [5.74, 6) is 3.06. The van der Waals surface area contributed by atoms with Crippen molar-refractivity contribution in [3.8, 4) is 0 Å². The van der Waals surface area contributed by atoms with Crippen molar-refractivity contribution in [3.63, 3.8) is 0 Å². The van der Waals surface area contributed by atoms with Crippen LogP contribution < -0.4 is 0 Å². The Balaban J connectivity index is 1.29. The zero-order valence-corrected chi connectivity index (χ0v) is 20.8. The molecule has 7 atom stereocenters. The maximum Gasteiger partial charge on any atom is 0.0811 e. The minimum Gasteiger partial charge on any atom is -0.393 e. The number of rotatable bonds is 5. The largest absolute Gasteiger partial charge is 0.393 e. The molecule has 0 aromatic heterocycles.